The maximum Gasteiger partial charge on any atom is 0.315 e. The number of nitrogens with one attached hydrogen (secondary N) is 2. The lowest BCUT2D eigenvalue weighted by Gasteiger charge is -2.32. The summed E-state index contributed by atoms with van der Waals surface area (Å²) < 4.78 is 0. The summed E-state index contributed by atoms with van der Waals surface area (Å²) >= 11 is 0. The molecule has 4 heteroatoms. The van der Waals surface area contributed by atoms with Crippen molar-refractivity contribution in [2.75, 3.05) is 13.2 Å². The van der Waals surface area contributed by atoms with E-state index in [2.05, 4.69) is 29.7 Å². The predicted octanol–water partition coefficient (Wildman–Crippen LogP) is 1.60. The van der Waals surface area contributed by atoms with Crippen molar-refractivity contribution < 1.29 is 9.90 Å². The molecule has 0 spiro atoms. The van der Waals surface area contributed by atoms with Crippen LogP contribution in [0.5, 0.6) is 0 Å². The summed E-state index contributed by atoms with van der Waals surface area (Å²) in [6.07, 6.45) is 2.16. The van der Waals surface area contributed by atoms with Gasteiger partial charge in [-0.3, -0.25) is 0 Å². The zero-order chi connectivity index (χ0) is 13.0. The number of carbonyl (C=O) groups is 1. The van der Waals surface area contributed by atoms with E-state index in [1.165, 1.54) is 11.1 Å². The Morgan fingerprint density at radius 2 is 2.22 bits per heavy atom. The smallest absolute Gasteiger partial charge is 0.315 e. The Hall–Kier alpha value is -1.55. The van der Waals surface area contributed by atoms with Crippen molar-refractivity contribution in [3.63, 3.8) is 0 Å². The number of hydrogen-bond acceptors (Lipinski definition) is 2. The van der Waals surface area contributed by atoms with E-state index < -0.39 is 0 Å². The van der Waals surface area contributed by atoms with E-state index in [1.807, 2.05) is 12.1 Å². The number of aliphatic hydroxyl groups is 1. The van der Waals surface area contributed by atoms with Gasteiger partial charge in [-0.15, -0.1) is 0 Å². The molecular formula is C14H20N2O2. The summed E-state index contributed by atoms with van der Waals surface area (Å²) in [6, 6.07) is 8.12. The Kier molecular flexibility index (Phi) is 4.20. The first kappa shape index (κ1) is 12.9. The molecule has 0 bridgehead atoms. The summed E-state index contributed by atoms with van der Waals surface area (Å²) in [4.78, 5) is 11.7. The second-order valence-electron chi connectivity index (χ2n) is 4.82. The van der Waals surface area contributed by atoms with Crippen LogP contribution in [0.4, 0.5) is 4.79 Å². The minimum atomic E-state index is -0.211. The monoisotopic (exact) mass is 248 g/mol. The topological polar surface area (TPSA) is 61.4 Å². The Labute approximate surface area is 107 Å². The molecule has 0 aliphatic heterocycles. The molecule has 4 nitrogen and oxygen atoms in total. The molecule has 3 N–H and O–H groups in total. The third-order valence-electron chi connectivity index (χ3n) is 3.51. The van der Waals surface area contributed by atoms with E-state index in [0.717, 1.165) is 12.8 Å². The van der Waals surface area contributed by atoms with Gasteiger partial charge in [0.15, 0.2) is 0 Å². The van der Waals surface area contributed by atoms with Crippen molar-refractivity contribution >= 4 is 6.03 Å². The minimum absolute atomic E-state index is 0.0375. The van der Waals surface area contributed by atoms with Gasteiger partial charge in [0.2, 0.25) is 0 Å². The third kappa shape index (κ3) is 2.82. The lowest BCUT2D eigenvalue weighted by molar-refractivity contribution is 0.224. The van der Waals surface area contributed by atoms with E-state index in [4.69, 9.17) is 5.11 Å². The van der Waals surface area contributed by atoms with Gasteiger partial charge >= 0.3 is 6.03 Å². The van der Waals surface area contributed by atoms with Crippen molar-refractivity contribution in [3.8, 4) is 0 Å². The van der Waals surface area contributed by atoms with Crippen molar-refractivity contribution in [3.05, 3.63) is 35.4 Å². The van der Waals surface area contributed by atoms with E-state index in [-0.39, 0.29) is 25.2 Å². The zero-order valence-electron chi connectivity index (χ0n) is 10.6. The van der Waals surface area contributed by atoms with Gasteiger partial charge in [-0.25, -0.2) is 4.79 Å². The average molecular weight is 248 g/mol. The molecule has 2 amide bonds. The van der Waals surface area contributed by atoms with Crippen molar-refractivity contribution in [1.82, 2.24) is 10.6 Å². The Morgan fingerprint density at radius 1 is 1.44 bits per heavy atom. The Balaban J connectivity index is 2.09. The van der Waals surface area contributed by atoms with Gasteiger partial charge in [-0.05, 0) is 29.9 Å². The summed E-state index contributed by atoms with van der Waals surface area (Å²) in [6.45, 7) is 2.41. The van der Waals surface area contributed by atoms with E-state index in [1.54, 1.807) is 0 Å². The molecular weight excluding hydrogens is 228 g/mol. The number of urea groups is 1. The second kappa shape index (κ2) is 5.87. The normalized spacial score (nSPS) is 22.1. The highest BCUT2D eigenvalue weighted by Gasteiger charge is 2.27. The van der Waals surface area contributed by atoms with Gasteiger partial charge in [-0.1, -0.05) is 31.2 Å². The van der Waals surface area contributed by atoms with Gasteiger partial charge < -0.3 is 15.7 Å². The van der Waals surface area contributed by atoms with E-state index in [9.17, 15) is 4.79 Å². The number of amides is 2. The molecule has 2 unspecified atom stereocenters. The van der Waals surface area contributed by atoms with Crippen LogP contribution in [0.15, 0.2) is 24.3 Å². The molecule has 98 valence electrons. The molecule has 1 aromatic carbocycles. The molecule has 1 aromatic rings. The predicted molar refractivity (Wildman–Crippen MR) is 70.3 cm³/mol. The Morgan fingerprint density at radius 3 is 3.00 bits per heavy atom. The van der Waals surface area contributed by atoms with Crippen LogP contribution < -0.4 is 10.6 Å². The van der Waals surface area contributed by atoms with Gasteiger partial charge in [-0.2, -0.15) is 0 Å². The standard InChI is InChI=1S/C14H20N2O2/c1-10-6-7-11-4-2-3-5-12(11)13(10)16-14(18)15-8-9-17/h2-5,10,13,17H,6-9H2,1H3,(H2,15,16,18). The number of aryl methyl sites for hydroxylation is 1. The first-order chi connectivity index (χ1) is 8.72. The molecule has 0 saturated carbocycles. The molecule has 0 heterocycles. The maximum absolute atomic E-state index is 11.7. The molecule has 18 heavy (non-hydrogen) atoms. The highest BCUT2D eigenvalue weighted by atomic mass is 16.3. The largest absolute Gasteiger partial charge is 0.395 e. The number of hydrogen-bond donors (Lipinski definition) is 3. The van der Waals surface area contributed by atoms with Gasteiger partial charge in [0.1, 0.15) is 0 Å². The van der Waals surface area contributed by atoms with Gasteiger partial charge in [0.25, 0.3) is 0 Å². The third-order valence-corrected chi connectivity index (χ3v) is 3.51. The van der Waals surface area contributed by atoms with Gasteiger partial charge in [0, 0.05) is 6.54 Å². The lowest BCUT2D eigenvalue weighted by atomic mass is 9.81. The van der Waals surface area contributed by atoms with Crippen molar-refractivity contribution in [1.29, 1.82) is 0 Å². The van der Waals surface area contributed by atoms with Crippen LogP contribution in [0.1, 0.15) is 30.5 Å². The van der Waals surface area contributed by atoms with Crippen LogP contribution in [0.2, 0.25) is 0 Å². The zero-order valence-corrected chi connectivity index (χ0v) is 10.6. The number of aliphatic hydroxyl groups excluding tert-OH is 1. The summed E-state index contributed by atoms with van der Waals surface area (Å²) in [5.41, 5.74) is 2.54. The second-order valence-corrected chi connectivity index (χ2v) is 4.82. The van der Waals surface area contributed by atoms with Crippen LogP contribution in [-0.4, -0.2) is 24.3 Å². The number of rotatable bonds is 3. The fourth-order valence-electron chi connectivity index (χ4n) is 2.50. The molecule has 1 aliphatic rings. The average Bonchev–Trinajstić information content (AvgIpc) is 2.40. The van der Waals surface area contributed by atoms with Crippen LogP contribution in [0.25, 0.3) is 0 Å². The number of fused-ring (bicyclic) bond motifs is 1. The van der Waals surface area contributed by atoms with Crippen LogP contribution in [0.3, 0.4) is 0 Å². The van der Waals surface area contributed by atoms with E-state index in [0.29, 0.717) is 5.92 Å². The molecule has 2 atom stereocenters. The summed E-state index contributed by atoms with van der Waals surface area (Å²) in [7, 11) is 0. The Bertz CT molecular complexity index is 420. The first-order valence-electron chi connectivity index (χ1n) is 6.45. The van der Waals surface area contributed by atoms with Crippen LogP contribution in [-0.2, 0) is 6.42 Å². The highest BCUT2D eigenvalue weighted by molar-refractivity contribution is 5.74. The number of carbonyl (C=O) groups excluding carboxylic acids is 1. The minimum Gasteiger partial charge on any atom is -0.395 e. The highest BCUT2D eigenvalue weighted by Crippen LogP contribution is 2.33. The fraction of sp³-hybridized carbons (Fsp3) is 0.500. The van der Waals surface area contributed by atoms with Gasteiger partial charge in [0.05, 0.1) is 12.6 Å². The van der Waals surface area contributed by atoms with Crippen LogP contribution in [0, 0.1) is 5.92 Å². The molecule has 2 rings (SSSR count). The molecule has 0 aromatic heterocycles. The molecule has 0 radical (unpaired) electrons. The first-order valence-corrected chi connectivity index (χ1v) is 6.45. The fourth-order valence-corrected chi connectivity index (χ4v) is 2.50. The summed E-state index contributed by atoms with van der Waals surface area (Å²) in [5.74, 6) is 0.430. The quantitative estimate of drug-likeness (QED) is 0.761. The van der Waals surface area contributed by atoms with Crippen molar-refractivity contribution in [2.45, 2.75) is 25.8 Å². The molecule has 0 fully saturated rings. The maximum atomic E-state index is 11.7. The molecule has 1 aliphatic carbocycles. The SMILES string of the molecule is CC1CCc2ccccc2C1NC(=O)NCCO. The van der Waals surface area contributed by atoms with Crippen molar-refractivity contribution in [2.24, 2.45) is 5.92 Å². The molecule has 0 saturated heterocycles. The lowest BCUT2D eigenvalue weighted by Crippen LogP contribution is -2.42. The summed E-state index contributed by atoms with van der Waals surface area (Å²) in [5, 5.41) is 14.3. The van der Waals surface area contributed by atoms with Crippen LogP contribution >= 0.6 is 0 Å². The number of benzene rings is 1. The van der Waals surface area contributed by atoms with E-state index >= 15 is 0 Å².